The normalized spacial score (nSPS) is 10.5. The number of amides is 1. The number of hydrogen-bond donors (Lipinski definition) is 1. The molecule has 0 spiro atoms. The molecule has 0 bridgehead atoms. The molecule has 2 aromatic carbocycles. The monoisotopic (exact) mass is 347 g/mol. The van der Waals surface area contributed by atoms with Crippen molar-refractivity contribution in [2.45, 2.75) is 0 Å². The second kappa shape index (κ2) is 8.58. The number of methoxy groups -OCH3 is 1. The van der Waals surface area contributed by atoms with Crippen LogP contribution < -0.4 is 10.1 Å². The molecule has 0 aliphatic carbocycles. The molecule has 0 atom stereocenters. The zero-order valence-corrected chi connectivity index (χ0v) is 13.3. The van der Waals surface area contributed by atoms with Gasteiger partial charge in [-0.3, -0.25) is 4.79 Å². The Balaban J connectivity index is 1.88. The molecule has 1 N–H and O–H groups in total. The molecule has 25 heavy (non-hydrogen) atoms. The number of hydrogen-bond acceptors (Lipinski definition) is 4. The van der Waals surface area contributed by atoms with Gasteiger partial charge in [-0.15, -0.1) is 0 Å². The lowest BCUT2D eigenvalue weighted by molar-refractivity contribution is -0.142. The van der Waals surface area contributed by atoms with Gasteiger partial charge >= 0.3 is 5.97 Å². The first-order chi connectivity index (χ1) is 12.0. The molecule has 0 aromatic heterocycles. The number of carbonyl (C=O) groups excluding carboxylic acids is 2. The van der Waals surface area contributed by atoms with Crippen molar-refractivity contribution in [1.82, 2.24) is 0 Å². The predicted octanol–water partition coefficient (Wildman–Crippen LogP) is 3.17. The van der Waals surface area contributed by atoms with Gasteiger partial charge in [-0.25, -0.2) is 13.6 Å². The fourth-order valence-electron chi connectivity index (χ4n) is 1.93. The molecule has 0 radical (unpaired) electrons. The number of benzene rings is 2. The van der Waals surface area contributed by atoms with E-state index < -0.39 is 30.1 Å². The standard InChI is InChI=1S/C18H15F2NO4/c1-24-16-5-3-2-4-12(16)6-9-18(23)25-11-17(22)21-15-10-13(19)7-8-14(15)20/h2-10H,11H2,1H3,(H,21,22)/b9-6+. The highest BCUT2D eigenvalue weighted by atomic mass is 19.1. The topological polar surface area (TPSA) is 64.6 Å². The molecule has 2 aromatic rings. The van der Waals surface area contributed by atoms with Gasteiger partial charge in [0.1, 0.15) is 17.4 Å². The lowest BCUT2D eigenvalue weighted by Gasteiger charge is -2.06. The smallest absolute Gasteiger partial charge is 0.331 e. The van der Waals surface area contributed by atoms with Crippen molar-refractivity contribution in [1.29, 1.82) is 0 Å². The van der Waals surface area contributed by atoms with Crippen molar-refractivity contribution >= 4 is 23.6 Å². The van der Waals surface area contributed by atoms with Crippen molar-refractivity contribution in [2.75, 3.05) is 19.0 Å². The van der Waals surface area contributed by atoms with E-state index in [-0.39, 0.29) is 5.69 Å². The van der Waals surface area contributed by atoms with Gasteiger partial charge in [0.2, 0.25) is 0 Å². The highest BCUT2D eigenvalue weighted by molar-refractivity contribution is 5.94. The van der Waals surface area contributed by atoms with E-state index in [1.165, 1.54) is 13.2 Å². The quantitative estimate of drug-likeness (QED) is 0.644. The summed E-state index contributed by atoms with van der Waals surface area (Å²) in [6.07, 6.45) is 2.61. The van der Waals surface area contributed by atoms with Crippen LogP contribution in [0.25, 0.3) is 6.08 Å². The fourth-order valence-corrected chi connectivity index (χ4v) is 1.93. The Morgan fingerprint density at radius 1 is 1.16 bits per heavy atom. The minimum atomic E-state index is -0.794. The van der Waals surface area contributed by atoms with Crippen LogP contribution in [0.1, 0.15) is 5.56 Å². The molecule has 7 heteroatoms. The molecule has 2 rings (SSSR count). The Labute approximate surface area is 142 Å². The molecule has 0 saturated carbocycles. The molecular weight excluding hydrogens is 332 g/mol. The van der Waals surface area contributed by atoms with E-state index in [9.17, 15) is 18.4 Å². The van der Waals surface area contributed by atoms with E-state index in [1.54, 1.807) is 24.3 Å². The van der Waals surface area contributed by atoms with Crippen LogP contribution in [0.3, 0.4) is 0 Å². The van der Waals surface area contributed by atoms with E-state index in [4.69, 9.17) is 9.47 Å². The molecule has 5 nitrogen and oxygen atoms in total. The molecule has 1 amide bonds. The van der Waals surface area contributed by atoms with Gasteiger partial charge in [0.25, 0.3) is 5.91 Å². The number of nitrogens with one attached hydrogen (secondary N) is 1. The first kappa shape index (κ1) is 18.1. The van der Waals surface area contributed by atoms with Crippen LogP contribution in [0.4, 0.5) is 14.5 Å². The minimum Gasteiger partial charge on any atom is -0.496 e. The van der Waals surface area contributed by atoms with Crippen molar-refractivity contribution in [2.24, 2.45) is 0 Å². The van der Waals surface area contributed by atoms with Crippen LogP contribution in [0, 0.1) is 11.6 Å². The van der Waals surface area contributed by atoms with Crippen molar-refractivity contribution in [3.05, 3.63) is 65.7 Å². The highest BCUT2D eigenvalue weighted by Crippen LogP contribution is 2.18. The summed E-state index contributed by atoms with van der Waals surface area (Å²) >= 11 is 0. The van der Waals surface area contributed by atoms with Gasteiger partial charge < -0.3 is 14.8 Å². The van der Waals surface area contributed by atoms with E-state index in [0.717, 1.165) is 24.3 Å². The maximum absolute atomic E-state index is 13.4. The summed E-state index contributed by atoms with van der Waals surface area (Å²) < 4.78 is 36.3. The third-order valence-corrected chi connectivity index (χ3v) is 3.09. The van der Waals surface area contributed by atoms with Gasteiger partial charge in [-0.2, -0.15) is 0 Å². The van der Waals surface area contributed by atoms with Crippen LogP contribution in [0.15, 0.2) is 48.5 Å². The molecule has 0 heterocycles. The summed E-state index contributed by atoms with van der Waals surface area (Å²) in [6, 6.07) is 9.66. The van der Waals surface area contributed by atoms with Gasteiger partial charge in [0.15, 0.2) is 6.61 Å². The molecule has 0 unspecified atom stereocenters. The van der Waals surface area contributed by atoms with Crippen molar-refractivity contribution < 1.29 is 27.8 Å². The Morgan fingerprint density at radius 2 is 1.92 bits per heavy atom. The first-order valence-corrected chi connectivity index (χ1v) is 7.22. The number of halogens is 2. The molecule has 0 saturated heterocycles. The molecular formula is C18H15F2NO4. The van der Waals surface area contributed by atoms with E-state index >= 15 is 0 Å². The predicted molar refractivity (Wildman–Crippen MR) is 88.0 cm³/mol. The molecule has 0 aliphatic heterocycles. The maximum Gasteiger partial charge on any atom is 0.331 e. The van der Waals surface area contributed by atoms with E-state index in [1.807, 2.05) is 0 Å². The summed E-state index contributed by atoms with van der Waals surface area (Å²) in [5.41, 5.74) is 0.332. The number of anilines is 1. The van der Waals surface area contributed by atoms with Crippen molar-refractivity contribution in [3.8, 4) is 5.75 Å². The SMILES string of the molecule is COc1ccccc1/C=C/C(=O)OCC(=O)Nc1cc(F)ccc1F. The van der Waals surface area contributed by atoms with Gasteiger partial charge in [0, 0.05) is 17.7 Å². The summed E-state index contributed by atoms with van der Waals surface area (Å²) in [4.78, 5) is 23.3. The van der Waals surface area contributed by atoms with Gasteiger partial charge in [0.05, 0.1) is 12.8 Å². The summed E-state index contributed by atoms with van der Waals surface area (Å²) in [5.74, 6) is -2.47. The molecule has 0 aliphatic rings. The van der Waals surface area contributed by atoms with Crippen LogP contribution >= 0.6 is 0 Å². The first-order valence-electron chi connectivity index (χ1n) is 7.22. The lowest BCUT2D eigenvalue weighted by Crippen LogP contribution is -2.20. The molecule has 130 valence electrons. The van der Waals surface area contributed by atoms with Crippen LogP contribution in [-0.4, -0.2) is 25.6 Å². The van der Waals surface area contributed by atoms with Gasteiger partial charge in [-0.05, 0) is 24.3 Å². The lowest BCUT2D eigenvalue weighted by atomic mass is 10.2. The van der Waals surface area contributed by atoms with E-state index in [2.05, 4.69) is 5.32 Å². The third kappa shape index (κ3) is 5.42. The number of ether oxygens (including phenoxy) is 2. The number of para-hydroxylation sites is 1. The Bertz CT molecular complexity index is 805. The largest absolute Gasteiger partial charge is 0.496 e. The second-order valence-corrected chi connectivity index (χ2v) is 4.86. The van der Waals surface area contributed by atoms with Crippen LogP contribution in [-0.2, 0) is 14.3 Å². The zero-order chi connectivity index (χ0) is 18.2. The number of carbonyl (C=O) groups is 2. The number of rotatable bonds is 6. The third-order valence-electron chi connectivity index (χ3n) is 3.09. The van der Waals surface area contributed by atoms with Crippen molar-refractivity contribution in [3.63, 3.8) is 0 Å². The molecule has 0 fully saturated rings. The average Bonchev–Trinajstić information content (AvgIpc) is 2.61. The van der Waals surface area contributed by atoms with Gasteiger partial charge in [-0.1, -0.05) is 18.2 Å². The summed E-state index contributed by atoms with van der Waals surface area (Å²) in [7, 11) is 1.50. The Kier molecular flexibility index (Phi) is 6.22. The minimum absolute atomic E-state index is 0.328. The summed E-state index contributed by atoms with van der Waals surface area (Å²) in [6.45, 7) is -0.634. The number of esters is 1. The summed E-state index contributed by atoms with van der Waals surface area (Å²) in [5, 5.41) is 2.12. The second-order valence-electron chi connectivity index (χ2n) is 4.86. The Hall–Kier alpha value is -3.22. The zero-order valence-electron chi connectivity index (χ0n) is 13.3. The average molecular weight is 347 g/mol. The maximum atomic E-state index is 13.4. The Morgan fingerprint density at radius 3 is 2.68 bits per heavy atom. The highest BCUT2D eigenvalue weighted by Gasteiger charge is 2.10. The van der Waals surface area contributed by atoms with E-state index in [0.29, 0.717) is 11.3 Å². The van der Waals surface area contributed by atoms with Crippen LogP contribution in [0.2, 0.25) is 0 Å². The van der Waals surface area contributed by atoms with Crippen LogP contribution in [0.5, 0.6) is 5.75 Å². The fraction of sp³-hybridized carbons (Fsp3) is 0.111.